The van der Waals surface area contributed by atoms with Crippen LogP contribution in [-0.4, -0.2) is 32.5 Å². The summed E-state index contributed by atoms with van der Waals surface area (Å²) in [4.78, 5) is 41.0. The summed E-state index contributed by atoms with van der Waals surface area (Å²) in [5.74, 6) is -0.0732. The number of aromatic nitrogens is 2. The van der Waals surface area contributed by atoms with Crippen molar-refractivity contribution in [2.24, 2.45) is 0 Å². The van der Waals surface area contributed by atoms with Crippen LogP contribution in [0.1, 0.15) is 31.7 Å². The summed E-state index contributed by atoms with van der Waals surface area (Å²) >= 11 is 1.29. The van der Waals surface area contributed by atoms with Gasteiger partial charge in [-0.15, -0.1) is 11.3 Å². The number of carbonyl (C=O) groups excluding carboxylic acids is 1. The van der Waals surface area contributed by atoms with E-state index in [1.54, 1.807) is 23.6 Å². The molecule has 4 rings (SSSR count). The third-order valence-electron chi connectivity index (χ3n) is 5.46. The van der Waals surface area contributed by atoms with E-state index in [4.69, 9.17) is 0 Å². The molecule has 1 atom stereocenters. The van der Waals surface area contributed by atoms with Gasteiger partial charge in [-0.2, -0.15) is 0 Å². The van der Waals surface area contributed by atoms with Crippen LogP contribution in [-0.2, 0) is 11.3 Å². The number of hydrogen-bond acceptors (Lipinski definition) is 4. The van der Waals surface area contributed by atoms with Gasteiger partial charge in [0, 0.05) is 12.6 Å². The molecule has 2 aromatic heterocycles. The Kier molecular flexibility index (Phi) is 4.93. The van der Waals surface area contributed by atoms with E-state index < -0.39 is 5.69 Å². The first kappa shape index (κ1) is 18.7. The number of thiophene rings is 1. The first-order valence-electron chi connectivity index (χ1n) is 9.57. The fourth-order valence-electron chi connectivity index (χ4n) is 3.86. The number of piperidine rings is 1. The Balaban J connectivity index is 1.83. The third kappa shape index (κ3) is 3.20. The zero-order valence-electron chi connectivity index (χ0n) is 16.1. The Labute approximate surface area is 166 Å². The second-order valence-corrected chi connectivity index (χ2v) is 8.33. The minimum absolute atomic E-state index is 0.0530. The zero-order chi connectivity index (χ0) is 19.8. The summed E-state index contributed by atoms with van der Waals surface area (Å²) in [6, 6.07) is 9.18. The average molecular weight is 398 g/mol. The molecule has 146 valence electrons. The van der Waals surface area contributed by atoms with Crippen molar-refractivity contribution in [1.29, 1.82) is 0 Å². The first-order chi connectivity index (χ1) is 13.5. The second-order valence-electron chi connectivity index (χ2n) is 7.41. The predicted molar refractivity (Wildman–Crippen MR) is 111 cm³/mol. The molecule has 0 aliphatic carbocycles. The van der Waals surface area contributed by atoms with E-state index in [1.165, 1.54) is 20.5 Å². The van der Waals surface area contributed by atoms with Crippen LogP contribution in [0, 0.1) is 6.92 Å². The number of aryl methyl sites for hydroxylation is 1. The molecule has 1 amide bonds. The Morgan fingerprint density at radius 2 is 1.89 bits per heavy atom. The number of amides is 1. The van der Waals surface area contributed by atoms with Crippen LogP contribution in [0.4, 0.5) is 0 Å². The van der Waals surface area contributed by atoms with Gasteiger partial charge in [0.15, 0.2) is 0 Å². The van der Waals surface area contributed by atoms with Crippen molar-refractivity contribution in [3.63, 3.8) is 0 Å². The number of nitrogens with zero attached hydrogens (tertiary/aromatic N) is 3. The molecule has 3 heterocycles. The maximum atomic E-state index is 13.2. The normalized spacial score (nSPS) is 17.2. The van der Waals surface area contributed by atoms with Crippen molar-refractivity contribution in [3.8, 4) is 5.69 Å². The number of rotatable bonds is 3. The monoisotopic (exact) mass is 397 g/mol. The molecule has 3 aromatic rings. The van der Waals surface area contributed by atoms with Crippen LogP contribution in [0.25, 0.3) is 15.9 Å². The molecule has 0 spiro atoms. The molecule has 1 aromatic carbocycles. The number of hydrogen-bond donors (Lipinski definition) is 0. The molecule has 0 radical (unpaired) electrons. The smallest absolute Gasteiger partial charge is 0.336 e. The highest BCUT2D eigenvalue weighted by atomic mass is 32.1. The maximum absolute atomic E-state index is 13.2. The van der Waals surface area contributed by atoms with E-state index in [-0.39, 0.29) is 24.1 Å². The first-order valence-corrected chi connectivity index (χ1v) is 10.4. The molecule has 6 nitrogen and oxygen atoms in total. The molecule has 0 N–H and O–H groups in total. The van der Waals surface area contributed by atoms with Crippen LogP contribution in [0.5, 0.6) is 0 Å². The number of benzene rings is 1. The molecule has 1 aliphatic heterocycles. The second kappa shape index (κ2) is 7.39. The predicted octanol–water partition coefficient (Wildman–Crippen LogP) is 2.92. The Hall–Kier alpha value is -2.67. The summed E-state index contributed by atoms with van der Waals surface area (Å²) in [7, 11) is 0. The van der Waals surface area contributed by atoms with E-state index in [1.807, 2.05) is 30.9 Å². The summed E-state index contributed by atoms with van der Waals surface area (Å²) < 4.78 is 3.10. The highest BCUT2D eigenvalue weighted by molar-refractivity contribution is 7.17. The Morgan fingerprint density at radius 3 is 2.61 bits per heavy atom. The van der Waals surface area contributed by atoms with Crippen molar-refractivity contribution in [2.75, 3.05) is 6.54 Å². The molecule has 0 bridgehead atoms. The SMILES string of the molecule is Cc1ccc(-n2c(=O)c3sccc3n(CC(=O)N3CCCCC3C)c2=O)cc1. The van der Waals surface area contributed by atoms with E-state index in [2.05, 4.69) is 0 Å². The number of likely N-dealkylation sites (tertiary alicyclic amines) is 1. The van der Waals surface area contributed by atoms with Crippen molar-refractivity contribution < 1.29 is 4.79 Å². The van der Waals surface area contributed by atoms with Gasteiger partial charge >= 0.3 is 5.69 Å². The highest BCUT2D eigenvalue weighted by Gasteiger charge is 2.25. The summed E-state index contributed by atoms with van der Waals surface area (Å²) in [5.41, 5.74) is 1.28. The van der Waals surface area contributed by atoms with E-state index in [9.17, 15) is 14.4 Å². The van der Waals surface area contributed by atoms with Crippen molar-refractivity contribution in [1.82, 2.24) is 14.0 Å². The number of carbonyl (C=O) groups is 1. The van der Waals surface area contributed by atoms with Crippen molar-refractivity contribution >= 4 is 27.5 Å². The number of fused-ring (bicyclic) bond motifs is 1. The van der Waals surface area contributed by atoms with Gasteiger partial charge < -0.3 is 4.90 Å². The molecule has 28 heavy (non-hydrogen) atoms. The topological polar surface area (TPSA) is 64.3 Å². The molecule has 1 saturated heterocycles. The molecule has 1 fully saturated rings. The highest BCUT2D eigenvalue weighted by Crippen LogP contribution is 2.19. The fourth-order valence-corrected chi connectivity index (χ4v) is 4.68. The summed E-state index contributed by atoms with van der Waals surface area (Å²) in [6.07, 6.45) is 3.09. The van der Waals surface area contributed by atoms with Crippen LogP contribution in [0.2, 0.25) is 0 Å². The van der Waals surface area contributed by atoms with Gasteiger partial charge in [-0.25, -0.2) is 9.36 Å². The Morgan fingerprint density at radius 1 is 1.14 bits per heavy atom. The van der Waals surface area contributed by atoms with Gasteiger partial charge in [0.25, 0.3) is 5.56 Å². The van der Waals surface area contributed by atoms with Gasteiger partial charge in [-0.1, -0.05) is 17.7 Å². The maximum Gasteiger partial charge on any atom is 0.336 e. The summed E-state index contributed by atoms with van der Waals surface area (Å²) in [5, 5.41) is 1.79. The lowest BCUT2D eigenvalue weighted by Crippen LogP contribution is -2.46. The van der Waals surface area contributed by atoms with Gasteiger partial charge in [0.2, 0.25) is 5.91 Å². The molecular weight excluding hydrogens is 374 g/mol. The Bertz CT molecular complexity index is 1140. The van der Waals surface area contributed by atoms with Crippen molar-refractivity contribution in [2.45, 2.75) is 45.7 Å². The van der Waals surface area contributed by atoms with E-state index in [0.29, 0.717) is 15.9 Å². The van der Waals surface area contributed by atoms with Gasteiger partial charge in [-0.3, -0.25) is 14.2 Å². The lowest BCUT2D eigenvalue weighted by atomic mass is 10.0. The summed E-state index contributed by atoms with van der Waals surface area (Å²) in [6.45, 7) is 4.67. The molecule has 1 unspecified atom stereocenters. The van der Waals surface area contributed by atoms with Gasteiger partial charge in [0.05, 0.1) is 11.2 Å². The quantitative estimate of drug-likeness (QED) is 0.683. The molecule has 7 heteroatoms. The fraction of sp³-hybridized carbons (Fsp3) is 0.381. The van der Waals surface area contributed by atoms with Gasteiger partial charge in [0.1, 0.15) is 11.2 Å². The van der Waals surface area contributed by atoms with Gasteiger partial charge in [-0.05, 0) is 56.7 Å². The molecule has 0 saturated carbocycles. The largest absolute Gasteiger partial charge is 0.338 e. The lowest BCUT2D eigenvalue weighted by molar-refractivity contribution is -0.135. The minimum atomic E-state index is -0.474. The standard InChI is InChI=1S/C21H23N3O3S/c1-14-6-8-16(9-7-14)24-20(26)19-17(10-12-28-19)23(21(24)27)13-18(25)22-11-4-3-5-15(22)2/h6-10,12,15H,3-5,11,13H2,1-2H3. The molecular formula is C21H23N3O3S. The van der Waals surface area contributed by atoms with E-state index in [0.717, 1.165) is 31.4 Å². The molecule has 1 aliphatic rings. The van der Waals surface area contributed by atoms with Crippen LogP contribution < -0.4 is 11.2 Å². The van der Waals surface area contributed by atoms with E-state index >= 15 is 0 Å². The lowest BCUT2D eigenvalue weighted by Gasteiger charge is -2.33. The van der Waals surface area contributed by atoms with Crippen LogP contribution in [0.15, 0.2) is 45.3 Å². The van der Waals surface area contributed by atoms with Crippen LogP contribution >= 0.6 is 11.3 Å². The average Bonchev–Trinajstić information content (AvgIpc) is 3.17. The minimum Gasteiger partial charge on any atom is -0.338 e. The zero-order valence-corrected chi connectivity index (χ0v) is 16.9. The van der Waals surface area contributed by atoms with Crippen molar-refractivity contribution in [3.05, 3.63) is 62.1 Å². The van der Waals surface area contributed by atoms with Crippen LogP contribution in [0.3, 0.4) is 0 Å². The third-order valence-corrected chi connectivity index (χ3v) is 6.36.